The molecule has 2 aliphatic rings. The van der Waals surface area contributed by atoms with E-state index in [1.165, 1.54) is 32.8 Å². The zero-order valence-electron chi connectivity index (χ0n) is 18.8. The highest BCUT2D eigenvalue weighted by atomic mass is 16.5. The quantitative estimate of drug-likeness (QED) is 0.675. The number of methoxy groups -OCH3 is 1. The van der Waals surface area contributed by atoms with E-state index in [9.17, 15) is 9.90 Å². The number of hydrogen-bond donors (Lipinski definition) is 1. The lowest BCUT2D eigenvalue weighted by Crippen LogP contribution is -2.38. The topological polar surface area (TPSA) is 81.1 Å². The summed E-state index contributed by atoms with van der Waals surface area (Å²) in [5.41, 5.74) is 1.94. The van der Waals surface area contributed by atoms with E-state index in [0.29, 0.717) is 24.8 Å². The summed E-state index contributed by atoms with van der Waals surface area (Å²) in [6.45, 7) is 4.97. The number of carboxylic acid groups (broad SMARTS) is 1. The highest BCUT2D eigenvalue weighted by Gasteiger charge is 2.25. The van der Waals surface area contributed by atoms with E-state index >= 15 is 0 Å². The Morgan fingerprint density at radius 1 is 1.22 bits per heavy atom. The predicted molar refractivity (Wildman–Crippen MR) is 122 cm³/mol. The number of aromatic nitrogens is 1. The SMILES string of the molecule is COc1ccc(C2CN(c3cncc(OC[C@H]4CC[C@H](C)CC4)c3)CCO2)cc1C(=O)O. The third-order valence-electron chi connectivity index (χ3n) is 6.58. The van der Waals surface area contributed by atoms with Gasteiger partial charge in [-0.05, 0) is 42.4 Å². The zero-order valence-corrected chi connectivity index (χ0v) is 18.8. The number of nitrogens with zero attached hydrogens (tertiary/aromatic N) is 2. The lowest BCUT2D eigenvalue weighted by atomic mass is 9.83. The van der Waals surface area contributed by atoms with Gasteiger partial charge in [0.1, 0.15) is 23.2 Å². The Balaban J connectivity index is 1.42. The standard InChI is InChI=1S/C25H32N2O5/c1-17-3-5-18(6-4-17)16-32-21-12-20(13-26-14-21)27-9-10-31-24(15-27)19-7-8-23(30-2)22(11-19)25(28)29/h7-8,11-14,17-18,24H,3-6,9-10,15-16H2,1-2H3,(H,28,29)/t17-,18-,24?. The fraction of sp³-hybridized carbons (Fsp3) is 0.520. The van der Waals surface area contributed by atoms with Crippen LogP contribution >= 0.6 is 0 Å². The van der Waals surface area contributed by atoms with E-state index in [-0.39, 0.29) is 11.7 Å². The molecule has 7 nitrogen and oxygen atoms in total. The summed E-state index contributed by atoms with van der Waals surface area (Å²) >= 11 is 0. The van der Waals surface area contributed by atoms with Gasteiger partial charge in [0.25, 0.3) is 0 Å². The molecular weight excluding hydrogens is 408 g/mol. The number of ether oxygens (including phenoxy) is 3. The number of rotatable bonds is 7. The Labute approximate surface area is 189 Å². The van der Waals surface area contributed by atoms with E-state index in [0.717, 1.165) is 36.1 Å². The normalized spacial score (nSPS) is 23.6. The molecule has 1 aliphatic carbocycles. The number of anilines is 1. The molecule has 2 fully saturated rings. The fourth-order valence-electron chi connectivity index (χ4n) is 4.55. The fourth-order valence-corrected chi connectivity index (χ4v) is 4.55. The number of benzene rings is 1. The van der Waals surface area contributed by atoms with Crippen LogP contribution in [0.1, 0.15) is 54.6 Å². The van der Waals surface area contributed by atoms with Crippen molar-refractivity contribution in [3.05, 3.63) is 47.8 Å². The summed E-state index contributed by atoms with van der Waals surface area (Å²) in [7, 11) is 1.47. The average Bonchev–Trinajstić information content (AvgIpc) is 2.83. The van der Waals surface area contributed by atoms with Crippen molar-refractivity contribution in [2.75, 3.05) is 38.3 Å². The van der Waals surface area contributed by atoms with Crippen molar-refractivity contribution in [2.24, 2.45) is 11.8 Å². The van der Waals surface area contributed by atoms with Crippen LogP contribution < -0.4 is 14.4 Å². The number of pyridine rings is 1. The summed E-state index contributed by atoms with van der Waals surface area (Å²) in [6, 6.07) is 7.22. The monoisotopic (exact) mass is 440 g/mol. The molecule has 172 valence electrons. The summed E-state index contributed by atoms with van der Waals surface area (Å²) in [5, 5.41) is 9.48. The second-order valence-corrected chi connectivity index (χ2v) is 8.89. The second kappa shape index (κ2) is 10.2. The molecular formula is C25H32N2O5. The first kappa shape index (κ1) is 22.4. The minimum atomic E-state index is -1.02. The number of morpholine rings is 1. The Kier molecular flexibility index (Phi) is 7.15. The van der Waals surface area contributed by atoms with Crippen LogP contribution in [0.5, 0.6) is 11.5 Å². The number of carboxylic acids is 1. The van der Waals surface area contributed by atoms with Gasteiger partial charge in [-0.15, -0.1) is 0 Å². The highest BCUT2D eigenvalue weighted by Crippen LogP contribution is 2.32. The molecule has 1 saturated carbocycles. The molecule has 1 N–H and O–H groups in total. The first-order chi connectivity index (χ1) is 15.5. The van der Waals surface area contributed by atoms with Crippen LogP contribution in [0.25, 0.3) is 0 Å². The zero-order chi connectivity index (χ0) is 22.5. The molecule has 1 aromatic heterocycles. The van der Waals surface area contributed by atoms with Gasteiger partial charge in [0.2, 0.25) is 0 Å². The largest absolute Gasteiger partial charge is 0.496 e. The Bertz CT molecular complexity index is 926. The van der Waals surface area contributed by atoms with Gasteiger partial charge in [-0.3, -0.25) is 4.98 Å². The van der Waals surface area contributed by atoms with Crippen molar-refractivity contribution < 1.29 is 24.1 Å². The Morgan fingerprint density at radius 2 is 2.03 bits per heavy atom. The average molecular weight is 441 g/mol. The first-order valence-corrected chi connectivity index (χ1v) is 11.4. The highest BCUT2D eigenvalue weighted by molar-refractivity contribution is 5.91. The maximum absolute atomic E-state index is 11.6. The predicted octanol–water partition coefficient (Wildman–Crippen LogP) is 4.57. The van der Waals surface area contributed by atoms with Gasteiger partial charge in [-0.1, -0.05) is 25.8 Å². The van der Waals surface area contributed by atoms with Crippen molar-refractivity contribution in [3.63, 3.8) is 0 Å². The van der Waals surface area contributed by atoms with Crippen LogP contribution in [0, 0.1) is 11.8 Å². The van der Waals surface area contributed by atoms with Crippen LogP contribution in [0.3, 0.4) is 0 Å². The lowest BCUT2D eigenvalue weighted by Gasteiger charge is -2.35. The maximum atomic E-state index is 11.6. The van der Waals surface area contributed by atoms with Crippen LogP contribution in [0.2, 0.25) is 0 Å². The molecule has 1 unspecified atom stereocenters. The smallest absolute Gasteiger partial charge is 0.339 e. The van der Waals surface area contributed by atoms with Gasteiger partial charge in [-0.2, -0.15) is 0 Å². The molecule has 0 radical (unpaired) electrons. The van der Waals surface area contributed by atoms with Crippen LogP contribution in [0.4, 0.5) is 5.69 Å². The second-order valence-electron chi connectivity index (χ2n) is 8.89. The van der Waals surface area contributed by atoms with E-state index < -0.39 is 5.97 Å². The van der Waals surface area contributed by atoms with Crippen molar-refractivity contribution in [2.45, 2.75) is 38.7 Å². The first-order valence-electron chi connectivity index (χ1n) is 11.4. The van der Waals surface area contributed by atoms with E-state index in [1.54, 1.807) is 18.3 Å². The van der Waals surface area contributed by atoms with Crippen LogP contribution in [0.15, 0.2) is 36.7 Å². The lowest BCUT2D eigenvalue weighted by molar-refractivity contribution is 0.0396. The molecule has 7 heteroatoms. The third kappa shape index (κ3) is 5.33. The van der Waals surface area contributed by atoms with Gasteiger partial charge < -0.3 is 24.2 Å². The van der Waals surface area contributed by atoms with Crippen molar-refractivity contribution >= 4 is 11.7 Å². The van der Waals surface area contributed by atoms with Gasteiger partial charge in [-0.25, -0.2) is 4.79 Å². The molecule has 0 amide bonds. The molecule has 1 atom stereocenters. The number of aromatic carboxylic acids is 1. The summed E-state index contributed by atoms with van der Waals surface area (Å²) < 4.78 is 17.2. The molecule has 2 heterocycles. The maximum Gasteiger partial charge on any atom is 0.339 e. The Morgan fingerprint density at radius 3 is 2.78 bits per heavy atom. The van der Waals surface area contributed by atoms with E-state index in [2.05, 4.69) is 16.8 Å². The molecule has 1 aromatic carbocycles. The Hall–Kier alpha value is -2.80. The summed E-state index contributed by atoms with van der Waals surface area (Å²) in [5.74, 6) is 1.58. The van der Waals surface area contributed by atoms with Gasteiger partial charge in [0.05, 0.1) is 38.4 Å². The minimum absolute atomic E-state index is 0.139. The van der Waals surface area contributed by atoms with Gasteiger partial charge in [0.15, 0.2) is 0 Å². The van der Waals surface area contributed by atoms with E-state index in [4.69, 9.17) is 14.2 Å². The summed E-state index contributed by atoms with van der Waals surface area (Å²) in [4.78, 5) is 18.2. The van der Waals surface area contributed by atoms with Crippen LogP contribution in [-0.4, -0.2) is 49.5 Å². The van der Waals surface area contributed by atoms with E-state index in [1.807, 2.05) is 18.3 Å². The summed E-state index contributed by atoms with van der Waals surface area (Å²) in [6.07, 6.45) is 8.43. The number of hydrogen-bond acceptors (Lipinski definition) is 6. The molecule has 2 aromatic rings. The number of carbonyl (C=O) groups is 1. The van der Waals surface area contributed by atoms with Crippen molar-refractivity contribution in [1.82, 2.24) is 4.98 Å². The molecule has 1 saturated heterocycles. The third-order valence-corrected chi connectivity index (χ3v) is 6.58. The van der Waals surface area contributed by atoms with Gasteiger partial charge in [0, 0.05) is 19.2 Å². The van der Waals surface area contributed by atoms with Crippen molar-refractivity contribution in [3.8, 4) is 11.5 Å². The molecule has 0 bridgehead atoms. The molecule has 1 aliphatic heterocycles. The molecule has 0 spiro atoms. The van der Waals surface area contributed by atoms with Crippen molar-refractivity contribution in [1.29, 1.82) is 0 Å². The van der Waals surface area contributed by atoms with Crippen LogP contribution in [-0.2, 0) is 4.74 Å². The van der Waals surface area contributed by atoms with Gasteiger partial charge >= 0.3 is 5.97 Å². The molecule has 4 rings (SSSR count). The molecule has 32 heavy (non-hydrogen) atoms. The minimum Gasteiger partial charge on any atom is -0.496 e.